The number of piperidine rings is 1. The molecule has 108 valence electrons. The molecule has 1 aliphatic rings. The van der Waals surface area contributed by atoms with Crippen LogP contribution in [0.3, 0.4) is 0 Å². The maximum atomic E-state index is 11.1. The van der Waals surface area contributed by atoms with Gasteiger partial charge in [0.1, 0.15) is 12.1 Å². The topological polar surface area (TPSA) is 95.0 Å². The molecule has 3 rings (SSSR count). The van der Waals surface area contributed by atoms with Crippen molar-refractivity contribution in [3.63, 3.8) is 0 Å². The third kappa shape index (κ3) is 2.52. The van der Waals surface area contributed by atoms with Gasteiger partial charge in [-0.1, -0.05) is 5.21 Å². The molecule has 2 heterocycles. The van der Waals surface area contributed by atoms with Crippen LogP contribution in [0.4, 0.5) is 5.69 Å². The quantitative estimate of drug-likeness (QED) is 0.912. The molecule has 0 bridgehead atoms. The van der Waals surface area contributed by atoms with Gasteiger partial charge in [-0.15, -0.1) is 5.10 Å². The van der Waals surface area contributed by atoms with E-state index in [1.807, 2.05) is 24.3 Å². The zero-order valence-electron chi connectivity index (χ0n) is 11.4. The molecule has 1 N–H and O–H groups in total. The standard InChI is InChI=1S/C14H15N5O2/c15-5-7-19-13-4-3-11(8-12(13)16-17-19)18-6-1-2-10(9-18)14(20)21/h3-4,8,10H,1-2,6-7,9H2,(H,20,21). The van der Waals surface area contributed by atoms with Gasteiger partial charge in [-0.3, -0.25) is 4.79 Å². The van der Waals surface area contributed by atoms with Gasteiger partial charge in [0.05, 0.1) is 17.5 Å². The lowest BCUT2D eigenvalue weighted by Gasteiger charge is -2.32. The molecule has 0 amide bonds. The molecule has 1 atom stereocenters. The third-order valence-electron chi connectivity index (χ3n) is 3.85. The summed E-state index contributed by atoms with van der Waals surface area (Å²) in [4.78, 5) is 13.2. The molecule has 1 saturated heterocycles. The first-order chi connectivity index (χ1) is 10.2. The van der Waals surface area contributed by atoms with Crippen LogP contribution < -0.4 is 4.90 Å². The van der Waals surface area contributed by atoms with E-state index < -0.39 is 5.97 Å². The number of hydrogen-bond acceptors (Lipinski definition) is 5. The molecule has 1 unspecified atom stereocenters. The molecule has 1 aromatic heterocycles. The van der Waals surface area contributed by atoms with Gasteiger partial charge < -0.3 is 10.0 Å². The number of anilines is 1. The van der Waals surface area contributed by atoms with E-state index in [0.717, 1.165) is 36.1 Å². The van der Waals surface area contributed by atoms with E-state index in [1.165, 1.54) is 0 Å². The van der Waals surface area contributed by atoms with Gasteiger partial charge in [0.2, 0.25) is 0 Å². The molecule has 7 heteroatoms. The molecular weight excluding hydrogens is 270 g/mol. The maximum absolute atomic E-state index is 11.1. The number of rotatable bonds is 3. The largest absolute Gasteiger partial charge is 0.481 e. The molecule has 1 fully saturated rings. The average molecular weight is 285 g/mol. The highest BCUT2D eigenvalue weighted by Gasteiger charge is 2.25. The second-order valence-corrected chi connectivity index (χ2v) is 5.20. The van der Waals surface area contributed by atoms with Gasteiger partial charge in [-0.05, 0) is 31.0 Å². The number of carboxylic acid groups (broad SMARTS) is 1. The molecule has 1 aliphatic heterocycles. The van der Waals surface area contributed by atoms with Crippen molar-refractivity contribution in [1.29, 1.82) is 5.26 Å². The van der Waals surface area contributed by atoms with Gasteiger partial charge in [0.15, 0.2) is 0 Å². The van der Waals surface area contributed by atoms with Crippen LogP contribution in [0.15, 0.2) is 18.2 Å². The van der Waals surface area contributed by atoms with Gasteiger partial charge in [-0.25, -0.2) is 4.68 Å². The van der Waals surface area contributed by atoms with E-state index in [1.54, 1.807) is 4.68 Å². The average Bonchev–Trinajstić information content (AvgIpc) is 2.90. The number of nitriles is 1. The van der Waals surface area contributed by atoms with Crippen molar-refractivity contribution in [2.24, 2.45) is 5.92 Å². The predicted molar refractivity (Wildman–Crippen MR) is 75.7 cm³/mol. The van der Waals surface area contributed by atoms with Crippen molar-refractivity contribution in [1.82, 2.24) is 15.0 Å². The molecule has 1 aromatic carbocycles. The number of carbonyl (C=O) groups is 1. The Hall–Kier alpha value is -2.62. The van der Waals surface area contributed by atoms with Gasteiger partial charge >= 0.3 is 5.97 Å². The lowest BCUT2D eigenvalue weighted by atomic mass is 9.98. The van der Waals surface area contributed by atoms with E-state index in [4.69, 9.17) is 10.4 Å². The van der Waals surface area contributed by atoms with Crippen molar-refractivity contribution in [3.8, 4) is 6.07 Å². The first kappa shape index (κ1) is 13.4. The van der Waals surface area contributed by atoms with E-state index in [2.05, 4.69) is 15.2 Å². The summed E-state index contributed by atoms with van der Waals surface area (Å²) in [5.74, 6) is -1.05. The molecule has 0 aliphatic carbocycles. The summed E-state index contributed by atoms with van der Waals surface area (Å²) in [6.07, 6.45) is 1.60. The van der Waals surface area contributed by atoms with Crippen LogP contribution in [0, 0.1) is 17.2 Å². The number of benzene rings is 1. The maximum Gasteiger partial charge on any atom is 0.308 e. The highest BCUT2D eigenvalue weighted by molar-refractivity contribution is 5.79. The summed E-state index contributed by atoms with van der Waals surface area (Å²) in [6, 6.07) is 7.76. The van der Waals surface area contributed by atoms with Gasteiger partial charge in [0.25, 0.3) is 0 Å². The van der Waals surface area contributed by atoms with Crippen LogP contribution in [0.5, 0.6) is 0 Å². The van der Waals surface area contributed by atoms with Crippen molar-refractivity contribution >= 4 is 22.7 Å². The predicted octanol–water partition coefficient (Wildman–Crippen LogP) is 1.26. The zero-order chi connectivity index (χ0) is 14.8. The fourth-order valence-electron chi connectivity index (χ4n) is 2.75. The van der Waals surface area contributed by atoms with Crippen LogP contribution in [-0.4, -0.2) is 39.2 Å². The smallest absolute Gasteiger partial charge is 0.308 e. The number of aliphatic carboxylic acids is 1. The Morgan fingerprint density at radius 2 is 2.38 bits per heavy atom. The minimum absolute atomic E-state index is 0.167. The monoisotopic (exact) mass is 285 g/mol. The summed E-state index contributed by atoms with van der Waals surface area (Å²) in [7, 11) is 0. The van der Waals surface area contributed by atoms with Crippen LogP contribution in [0.1, 0.15) is 12.8 Å². The number of aromatic nitrogens is 3. The van der Waals surface area contributed by atoms with Crippen LogP contribution in [-0.2, 0) is 11.3 Å². The van der Waals surface area contributed by atoms with Crippen LogP contribution >= 0.6 is 0 Å². The van der Waals surface area contributed by atoms with E-state index in [-0.39, 0.29) is 12.5 Å². The molecule has 21 heavy (non-hydrogen) atoms. The second-order valence-electron chi connectivity index (χ2n) is 5.20. The highest BCUT2D eigenvalue weighted by Crippen LogP contribution is 2.26. The third-order valence-corrected chi connectivity index (χ3v) is 3.85. The molecular formula is C14H15N5O2. The summed E-state index contributed by atoms with van der Waals surface area (Å²) < 4.78 is 1.55. The highest BCUT2D eigenvalue weighted by atomic mass is 16.4. The Morgan fingerprint density at radius 3 is 3.14 bits per heavy atom. The Kier molecular flexibility index (Phi) is 3.44. The molecule has 2 aromatic rings. The lowest BCUT2D eigenvalue weighted by Crippen LogP contribution is -2.38. The van der Waals surface area contributed by atoms with E-state index in [0.29, 0.717) is 6.54 Å². The molecule has 7 nitrogen and oxygen atoms in total. The molecule has 0 spiro atoms. The number of nitrogens with zero attached hydrogens (tertiary/aromatic N) is 5. The first-order valence-electron chi connectivity index (χ1n) is 6.87. The van der Waals surface area contributed by atoms with Crippen LogP contribution in [0.2, 0.25) is 0 Å². The fourth-order valence-corrected chi connectivity index (χ4v) is 2.75. The number of hydrogen-bond donors (Lipinski definition) is 1. The Labute approximate surface area is 121 Å². The Balaban J connectivity index is 1.87. The van der Waals surface area contributed by atoms with Crippen LogP contribution in [0.25, 0.3) is 11.0 Å². The summed E-state index contributed by atoms with van der Waals surface area (Å²) >= 11 is 0. The number of fused-ring (bicyclic) bond motifs is 1. The SMILES string of the molecule is N#CCn1nnc2cc(N3CCCC(C(=O)O)C3)ccc21. The summed E-state index contributed by atoms with van der Waals surface area (Å²) in [5, 5.41) is 25.9. The number of carboxylic acids is 1. The van der Waals surface area contributed by atoms with Crippen molar-refractivity contribution in [2.45, 2.75) is 19.4 Å². The second kappa shape index (κ2) is 5.40. The minimum Gasteiger partial charge on any atom is -0.481 e. The summed E-state index contributed by atoms with van der Waals surface area (Å²) in [5.41, 5.74) is 2.49. The van der Waals surface area contributed by atoms with Gasteiger partial charge in [-0.2, -0.15) is 5.26 Å². The van der Waals surface area contributed by atoms with Crippen molar-refractivity contribution in [3.05, 3.63) is 18.2 Å². The summed E-state index contributed by atoms with van der Waals surface area (Å²) in [6.45, 7) is 1.54. The lowest BCUT2D eigenvalue weighted by molar-refractivity contribution is -0.141. The van der Waals surface area contributed by atoms with Crippen molar-refractivity contribution in [2.75, 3.05) is 18.0 Å². The Bertz CT molecular complexity index is 718. The normalized spacial score (nSPS) is 18.6. The van der Waals surface area contributed by atoms with Gasteiger partial charge in [0, 0.05) is 18.8 Å². The first-order valence-corrected chi connectivity index (χ1v) is 6.87. The molecule has 0 radical (unpaired) electrons. The van der Waals surface area contributed by atoms with Crippen molar-refractivity contribution < 1.29 is 9.90 Å². The van der Waals surface area contributed by atoms with E-state index in [9.17, 15) is 4.79 Å². The minimum atomic E-state index is -0.735. The molecule has 0 saturated carbocycles. The zero-order valence-corrected chi connectivity index (χ0v) is 11.4. The van der Waals surface area contributed by atoms with E-state index >= 15 is 0 Å². The Morgan fingerprint density at radius 1 is 1.52 bits per heavy atom. The fraction of sp³-hybridized carbons (Fsp3) is 0.429.